The Morgan fingerprint density at radius 3 is 2.62 bits per heavy atom. The van der Waals surface area contributed by atoms with Crippen LogP contribution in [0.4, 0.5) is 11.5 Å². The second-order valence-electron chi connectivity index (χ2n) is 7.96. The zero-order valence-electron chi connectivity index (χ0n) is 16.8. The first kappa shape index (κ1) is 19.8. The first-order valence-electron chi connectivity index (χ1n) is 10.0. The number of amides is 2. The van der Waals surface area contributed by atoms with E-state index < -0.39 is 0 Å². The number of carbonyl (C=O) groups is 2. The lowest BCUT2D eigenvalue weighted by Gasteiger charge is -2.33. The maximum absolute atomic E-state index is 13.1. The smallest absolute Gasteiger partial charge is 0.272 e. The number of nitrogens with zero attached hydrogens (tertiary/aromatic N) is 2. The molecule has 2 aromatic rings. The Morgan fingerprint density at radius 2 is 1.90 bits per heavy atom. The van der Waals surface area contributed by atoms with Gasteiger partial charge in [0.05, 0.1) is 12.2 Å². The number of aromatic nitrogens is 1. The van der Waals surface area contributed by atoms with Crippen molar-refractivity contribution in [2.45, 2.75) is 42.2 Å². The highest BCUT2D eigenvalue weighted by atomic mass is 32.2. The zero-order valence-corrected chi connectivity index (χ0v) is 17.6. The van der Waals surface area contributed by atoms with Gasteiger partial charge in [0.2, 0.25) is 5.91 Å². The van der Waals surface area contributed by atoms with Gasteiger partial charge in [-0.1, -0.05) is 30.5 Å². The minimum Gasteiger partial charge on any atom is -0.359 e. The number of fused-ring (bicyclic) bond motifs is 1. The normalized spacial score (nSPS) is 17.2. The van der Waals surface area contributed by atoms with Crippen LogP contribution in [0.1, 0.15) is 41.7 Å². The number of hydrogen-bond donors (Lipinski definition) is 2. The molecule has 6 nitrogen and oxygen atoms in total. The molecule has 1 aliphatic heterocycles. The molecule has 1 aromatic carbocycles. The van der Waals surface area contributed by atoms with Crippen LogP contribution in [0.2, 0.25) is 0 Å². The third-order valence-corrected chi connectivity index (χ3v) is 7.03. The number of aryl methyl sites for hydroxylation is 1. The van der Waals surface area contributed by atoms with Crippen LogP contribution in [0.25, 0.3) is 0 Å². The zero-order chi connectivity index (χ0) is 20.4. The van der Waals surface area contributed by atoms with E-state index >= 15 is 0 Å². The van der Waals surface area contributed by atoms with E-state index in [1.807, 2.05) is 18.8 Å². The van der Waals surface area contributed by atoms with E-state index in [4.69, 9.17) is 0 Å². The van der Waals surface area contributed by atoms with Gasteiger partial charge in [-0.2, -0.15) is 0 Å². The third kappa shape index (κ3) is 4.40. The van der Waals surface area contributed by atoms with Crippen LogP contribution in [-0.4, -0.2) is 46.6 Å². The average molecular weight is 411 g/mol. The number of pyridine rings is 1. The largest absolute Gasteiger partial charge is 0.359 e. The Bertz CT molecular complexity index is 923. The van der Waals surface area contributed by atoms with Gasteiger partial charge in [-0.3, -0.25) is 9.59 Å². The van der Waals surface area contributed by atoms with E-state index in [2.05, 4.69) is 46.8 Å². The number of hydrogen-bond acceptors (Lipinski definition) is 5. The molecule has 0 unspecified atom stereocenters. The highest BCUT2D eigenvalue weighted by Crippen LogP contribution is 2.45. The van der Waals surface area contributed by atoms with E-state index in [0.29, 0.717) is 23.7 Å². The first-order valence-corrected chi connectivity index (χ1v) is 10.8. The van der Waals surface area contributed by atoms with Crippen molar-refractivity contribution in [1.82, 2.24) is 9.88 Å². The Kier molecular flexibility index (Phi) is 5.50. The summed E-state index contributed by atoms with van der Waals surface area (Å²) in [5, 5.41) is 5.73. The van der Waals surface area contributed by atoms with Gasteiger partial charge in [0.1, 0.15) is 5.69 Å². The Labute approximate surface area is 175 Å². The van der Waals surface area contributed by atoms with Crippen LogP contribution in [0.15, 0.2) is 41.3 Å². The van der Waals surface area contributed by atoms with E-state index in [-0.39, 0.29) is 23.1 Å². The second-order valence-corrected chi connectivity index (χ2v) is 9.50. The molecule has 1 aliphatic carbocycles. The van der Waals surface area contributed by atoms with Gasteiger partial charge in [0, 0.05) is 23.2 Å². The van der Waals surface area contributed by atoms with Gasteiger partial charge in [-0.25, -0.2) is 4.98 Å². The predicted molar refractivity (Wildman–Crippen MR) is 117 cm³/mol. The molecule has 1 fully saturated rings. The van der Waals surface area contributed by atoms with Crippen molar-refractivity contribution in [1.29, 1.82) is 0 Å². The molecule has 29 heavy (non-hydrogen) atoms. The molecular weight excluding hydrogens is 384 g/mol. The van der Waals surface area contributed by atoms with Crippen LogP contribution < -0.4 is 10.6 Å². The van der Waals surface area contributed by atoms with Crippen LogP contribution >= 0.6 is 11.8 Å². The summed E-state index contributed by atoms with van der Waals surface area (Å²) in [6.07, 6.45) is 4.60. The van der Waals surface area contributed by atoms with Crippen LogP contribution in [0.5, 0.6) is 0 Å². The molecule has 7 heteroatoms. The summed E-state index contributed by atoms with van der Waals surface area (Å²) in [5.41, 5.74) is 2.26. The lowest BCUT2D eigenvalue weighted by molar-refractivity contribution is -0.114. The molecule has 1 saturated carbocycles. The van der Waals surface area contributed by atoms with E-state index in [0.717, 1.165) is 12.8 Å². The van der Waals surface area contributed by atoms with Crippen molar-refractivity contribution in [3.05, 3.63) is 47.7 Å². The fourth-order valence-electron chi connectivity index (χ4n) is 4.04. The van der Waals surface area contributed by atoms with E-state index in [9.17, 15) is 9.59 Å². The topological polar surface area (TPSA) is 74.3 Å². The molecule has 2 amide bonds. The molecule has 2 aliphatic rings. The number of carbonyl (C=O) groups excluding carboxylic acids is 2. The summed E-state index contributed by atoms with van der Waals surface area (Å²) in [4.78, 5) is 32.0. The SMILES string of the molecule is Cc1ccc(SC2(CN(C)C(=O)c3ccc4c(n3)NCC(=O)N4)CCCC2)cc1. The molecule has 0 bridgehead atoms. The van der Waals surface area contributed by atoms with Crippen LogP contribution in [0, 0.1) is 6.92 Å². The monoisotopic (exact) mass is 410 g/mol. The van der Waals surface area contributed by atoms with Crippen molar-refractivity contribution in [3.8, 4) is 0 Å². The molecule has 0 radical (unpaired) electrons. The summed E-state index contributed by atoms with van der Waals surface area (Å²) in [6.45, 7) is 2.95. The van der Waals surface area contributed by atoms with Crippen molar-refractivity contribution >= 4 is 35.1 Å². The number of benzene rings is 1. The van der Waals surface area contributed by atoms with Crippen molar-refractivity contribution in [2.75, 3.05) is 30.8 Å². The molecule has 0 spiro atoms. The number of anilines is 2. The Morgan fingerprint density at radius 1 is 1.17 bits per heavy atom. The average Bonchev–Trinajstić information content (AvgIpc) is 3.16. The van der Waals surface area contributed by atoms with Crippen molar-refractivity contribution < 1.29 is 9.59 Å². The molecule has 4 rings (SSSR count). The summed E-state index contributed by atoms with van der Waals surface area (Å²) >= 11 is 1.90. The maximum atomic E-state index is 13.1. The quantitative estimate of drug-likeness (QED) is 0.781. The predicted octanol–water partition coefficient (Wildman–Crippen LogP) is 3.93. The van der Waals surface area contributed by atoms with Crippen molar-refractivity contribution in [3.63, 3.8) is 0 Å². The minimum absolute atomic E-state index is 0.0418. The van der Waals surface area contributed by atoms with Gasteiger partial charge in [0.25, 0.3) is 5.91 Å². The maximum Gasteiger partial charge on any atom is 0.272 e. The summed E-state index contributed by atoms with van der Waals surface area (Å²) < 4.78 is 0.0418. The molecular formula is C22H26N4O2S. The van der Waals surface area contributed by atoms with Crippen LogP contribution in [0.3, 0.4) is 0 Å². The first-order chi connectivity index (χ1) is 13.9. The number of rotatable bonds is 5. The fraction of sp³-hybridized carbons (Fsp3) is 0.409. The minimum atomic E-state index is -0.105. The number of nitrogens with one attached hydrogen (secondary N) is 2. The molecule has 1 aromatic heterocycles. The van der Waals surface area contributed by atoms with Crippen molar-refractivity contribution in [2.24, 2.45) is 0 Å². The van der Waals surface area contributed by atoms with Gasteiger partial charge in [0.15, 0.2) is 5.82 Å². The van der Waals surface area contributed by atoms with Gasteiger partial charge >= 0.3 is 0 Å². The fourth-order valence-corrected chi connectivity index (χ4v) is 5.56. The molecule has 2 N–H and O–H groups in total. The summed E-state index contributed by atoms with van der Waals surface area (Å²) in [5.74, 6) is 0.350. The molecule has 2 heterocycles. The standard InChI is InChI=1S/C22H26N4O2S/c1-15-5-7-16(8-6-15)29-22(11-3-4-12-22)14-26(2)21(28)18-10-9-17-20(25-18)23-13-19(27)24-17/h5-10H,3-4,11-14H2,1-2H3,(H,23,25)(H,24,27). The Balaban J connectivity index is 1.49. The Hall–Kier alpha value is -2.54. The third-order valence-electron chi connectivity index (χ3n) is 5.55. The highest BCUT2D eigenvalue weighted by Gasteiger charge is 2.37. The molecule has 0 saturated heterocycles. The molecule has 0 atom stereocenters. The van der Waals surface area contributed by atoms with Gasteiger partial charge < -0.3 is 15.5 Å². The second kappa shape index (κ2) is 8.06. The highest BCUT2D eigenvalue weighted by molar-refractivity contribution is 8.00. The van der Waals surface area contributed by atoms with Crippen LogP contribution in [-0.2, 0) is 4.79 Å². The van der Waals surface area contributed by atoms with E-state index in [1.54, 1.807) is 17.0 Å². The summed E-state index contributed by atoms with van der Waals surface area (Å²) in [6, 6.07) is 12.0. The summed E-state index contributed by atoms with van der Waals surface area (Å²) in [7, 11) is 1.86. The lowest BCUT2D eigenvalue weighted by Crippen LogP contribution is -2.40. The number of thioether (sulfide) groups is 1. The van der Waals surface area contributed by atoms with Gasteiger partial charge in [-0.05, 0) is 44.0 Å². The van der Waals surface area contributed by atoms with Gasteiger partial charge in [-0.15, -0.1) is 11.8 Å². The lowest BCUT2D eigenvalue weighted by atomic mass is 10.1. The molecule has 152 valence electrons. The van der Waals surface area contributed by atoms with E-state index in [1.165, 1.54) is 23.3 Å².